The Bertz CT molecular complexity index is 958. The number of rotatable bonds is 7. The quantitative estimate of drug-likeness (QED) is 0.531. The molecule has 6 heteroatoms. The number of carbonyl (C=O) groups excluding carboxylic acids is 1. The summed E-state index contributed by atoms with van der Waals surface area (Å²) in [5.74, 6) is 1.53. The van der Waals surface area contributed by atoms with Crippen LogP contribution in [0.3, 0.4) is 0 Å². The highest BCUT2D eigenvalue weighted by molar-refractivity contribution is 7.99. The van der Waals surface area contributed by atoms with Crippen molar-refractivity contribution in [1.29, 1.82) is 0 Å². The van der Waals surface area contributed by atoms with Gasteiger partial charge in [0.2, 0.25) is 5.91 Å². The summed E-state index contributed by atoms with van der Waals surface area (Å²) in [5, 5.41) is 9.74. The van der Waals surface area contributed by atoms with E-state index in [0.717, 1.165) is 36.8 Å². The third kappa shape index (κ3) is 5.11. The molecule has 0 aliphatic carbocycles. The summed E-state index contributed by atoms with van der Waals surface area (Å²) in [7, 11) is 0. The number of likely N-dealkylation sites (tertiary alicyclic amines) is 1. The number of amides is 1. The number of nitrogens with zero attached hydrogens (tertiary/aromatic N) is 4. The van der Waals surface area contributed by atoms with E-state index in [4.69, 9.17) is 0 Å². The smallest absolute Gasteiger partial charge is 0.233 e. The first-order valence-electron chi connectivity index (χ1n) is 10.6. The van der Waals surface area contributed by atoms with Crippen molar-refractivity contribution in [2.75, 3.05) is 12.3 Å². The van der Waals surface area contributed by atoms with E-state index < -0.39 is 0 Å². The monoisotopic (exact) mass is 420 g/mol. The number of thioether (sulfide) groups is 1. The number of hydrogen-bond acceptors (Lipinski definition) is 4. The summed E-state index contributed by atoms with van der Waals surface area (Å²) < 4.78 is 2.15. The van der Waals surface area contributed by atoms with Gasteiger partial charge in [-0.2, -0.15) is 0 Å². The van der Waals surface area contributed by atoms with Gasteiger partial charge >= 0.3 is 0 Å². The van der Waals surface area contributed by atoms with Crippen molar-refractivity contribution in [3.8, 4) is 0 Å². The average molecular weight is 421 g/mol. The van der Waals surface area contributed by atoms with Crippen molar-refractivity contribution in [3.05, 3.63) is 77.6 Å². The topological polar surface area (TPSA) is 51.0 Å². The molecule has 5 nitrogen and oxygen atoms in total. The standard InChI is InChI=1S/C24H28N4OS/c1-19-10-8-9-15-27(19)23(29)18-30-24-26-25-22(16-20-11-4-2-5-12-20)28(24)17-21-13-6-3-7-14-21/h2-7,11-14,19H,8-10,15-18H2,1H3/t19-/m1/s1. The number of aromatic nitrogens is 3. The fourth-order valence-electron chi connectivity index (χ4n) is 3.94. The van der Waals surface area contributed by atoms with E-state index in [9.17, 15) is 4.79 Å². The van der Waals surface area contributed by atoms with Crippen molar-refractivity contribution in [2.24, 2.45) is 0 Å². The van der Waals surface area contributed by atoms with E-state index >= 15 is 0 Å². The van der Waals surface area contributed by atoms with Gasteiger partial charge in [-0.15, -0.1) is 10.2 Å². The van der Waals surface area contributed by atoms with Crippen LogP contribution in [0.15, 0.2) is 65.8 Å². The van der Waals surface area contributed by atoms with Crippen LogP contribution in [0.2, 0.25) is 0 Å². The molecule has 0 spiro atoms. The third-order valence-corrected chi connectivity index (χ3v) is 6.58. The first kappa shape index (κ1) is 20.7. The normalized spacial score (nSPS) is 16.6. The minimum Gasteiger partial charge on any atom is -0.339 e. The summed E-state index contributed by atoms with van der Waals surface area (Å²) in [6.07, 6.45) is 4.14. The lowest BCUT2D eigenvalue weighted by Gasteiger charge is -2.33. The molecule has 4 rings (SSSR count). The van der Waals surface area contributed by atoms with Crippen molar-refractivity contribution < 1.29 is 4.79 Å². The molecule has 0 saturated carbocycles. The van der Waals surface area contributed by atoms with Crippen LogP contribution in [0.1, 0.15) is 43.1 Å². The zero-order valence-electron chi connectivity index (χ0n) is 17.4. The molecule has 0 radical (unpaired) electrons. The Labute approximate surface area is 182 Å². The molecule has 156 valence electrons. The van der Waals surface area contributed by atoms with Crippen LogP contribution in [0.25, 0.3) is 0 Å². The minimum absolute atomic E-state index is 0.200. The summed E-state index contributed by atoms with van der Waals surface area (Å²) in [4.78, 5) is 14.8. The zero-order valence-corrected chi connectivity index (χ0v) is 18.2. The fraction of sp³-hybridized carbons (Fsp3) is 0.375. The predicted octanol–water partition coefficient (Wildman–Crippen LogP) is 4.41. The van der Waals surface area contributed by atoms with E-state index in [2.05, 4.69) is 46.0 Å². The van der Waals surface area contributed by atoms with E-state index in [1.54, 1.807) is 0 Å². The highest BCUT2D eigenvalue weighted by atomic mass is 32.2. The van der Waals surface area contributed by atoms with Gasteiger partial charge in [-0.25, -0.2) is 0 Å². The van der Waals surface area contributed by atoms with Gasteiger partial charge in [0, 0.05) is 19.0 Å². The molecule has 1 saturated heterocycles. The Morgan fingerprint density at radius 1 is 1.00 bits per heavy atom. The maximum atomic E-state index is 12.8. The number of carbonyl (C=O) groups is 1. The van der Waals surface area contributed by atoms with Crippen LogP contribution in [-0.2, 0) is 17.8 Å². The van der Waals surface area contributed by atoms with Gasteiger partial charge in [-0.1, -0.05) is 72.4 Å². The van der Waals surface area contributed by atoms with Crippen molar-refractivity contribution in [1.82, 2.24) is 19.7 Å². The molecule has 2 aromatic carbocycles. The summed E-state index contributed by atoms with van der Waals surface area (Å²) in [6, 6.07) is 21.0. The van der Waals surface area contributed by atoms with Crippen LogP contribution in [0, 0.1) is 0 Å². The molecule has 0 bridgehead atoms. The molecule has 1 aliphatic rings. The molecule has 2 heterocycles. The summed E-state index contributed by atoms with van der Waals surface area (Å²) in [6.45, 7) is 3.72. The van der Waals surface area contributed by atoms with Crippen LogP contribution in [-0.4, -0.2) is 43.9 Å². The van der Waals surface area contributed by atoms with Gasteiger partial charge in [-0.05, 0) is 37.3 Å². The lowest BCUT2D eigenvalue weighted by molar-refractivity contribution is -0.131. The van der Waals surface area contributed by atoms with E-state index in [-0.39, 0.29) is 5.91 Å². The van der Waals surface area contributed by atoms with E-state index in [1.807, 2.05) is 41.3 Å². The highest BCUT2D eigenvalue weighted by Gasteiger charge is 2.24. The third-order valence-electron chi connectivity index (χ3n) is 5.63. The average Bonchev–Trinajstić information content (AvgIpc) is 3.15. The van der Waals surface area contributed by atoms with Crippen molar-refractivity contribution in [2.45, 2.75) is 50.4 Å². The second-order valence-corrected chi connectivity index (χ2v) is 8.80. The van der Waals surface area contributed by atoms with E-state index in [1.165, 1.54) is 29.3 Å². The summed E-state index contributed by atoms with van der Waals surface area (Å²) in [5.41, 5.74) is 2.40. The van der Waals surface area contributed by atoms with Crippen LogP contribution in [0.5, 0.6) is 0 Å². The van der Waals surface area contributed by atoms with Crippen LogP contribution >= 0.6 is 11.8 Å². The minimum atomic E-state index is 0.200. The SMILES string of the molecule is C[C@@H]1CCCCN1C(=O)CSc1nnc(Cc2ccccc2)n1Cc1ccccc1. The Balaban J connectivity index is 1.52. The number of piperidine rings is 1. The first-order valence-corrected chi connectivity index (χ1v) is 11.6. The second kappa shape index (κ2) is 9.94. The molecular formula is C24H28N4OS. The molecule has 3 aromatic rings. The Morgan fingerprint density at radius 3 is 2.40 bits per heavy atom. The predicted molar refractivity (Wildman–Crippen MR) is 121 cm³/mol. The number of benzene rings is 2. The fourth-order valence-corrected chi connectivity index (χ4v) is 4.78. The highest BCUT2D eigenvalue weighted by Crippen LogP contribution is 2.23. The Morgan fingerprint density at radius 2 is 1.70 bits per heavy atom. The molecule has 1 amide bonds. The summed E-state index contributed by atoms with van der Waals surface area (Å²) >= 11 is 1.50. The molecule has 1 aliphatic heterocycles. The Hall–Kier alpha value is -2.60. The molecule has 1 atom stereocenters. The molecule has 1 fully saturated rings. The van der Waals surface area contributed by atoms with Gasteiger partial charge in [-0.3, -0.25) is 4.79 Å². The van der Waals surface area contributed by atoms with Crippen LogP contribution < -0.4 is 0 Å². The lowest BCUT2D eigenvalue weighted by atomic mass is 10.0. The first-order chi connectivity index (χ1) is 14.7. The second-order valence-electron chi connectivity index (χ2n) is 7.85. The van der Waals surface area contributed by atoms with Crippen LogP contribution in [0.4, 0.5) is 0 Å². The number of hydrogen-bond donors (Lipinski definition) is 0. The molecule has 1 aromatic heterocycles. The Kier molecular flexibility index (Phi) is 6.84. The lowest BCUT2D eigenvalue weighted by Crippen LogP contribution is -2.43. The maximum absolute atomic E-state index is 12.8. The van der Waals surface area contributed by atoms with E-state index in [0.29, 0.717) is 18.3 Å². The van der Waals surface area contributed by atoms with Gasteiger partial charge in [0.25, 0.3) is 0 Å². The molecule has 0 unspecified atom stereocenters. The van der Waals surface area contributed by atoms with Gasteiger partial charge < -0.3 is 9.47 Å². The van der Waals surface area contributed by atoms with Crippen molar-refractivity contribution >= 4 is 17.7 Å². The maximum Gasteiger partial charge on any atom is 0.233 e. The van der Waals surface area contributed by atoms with Crippen molar-refractivity contribution in [3.63, 3.8) is 0 Å². The van der Waals surface area contributed by atoms with Gasteiger partial charge in [0.05, 0.1) is 12.3 Å². The largest absolute Gasteiger partial charge is 0.339 e. The molecule has 0 N–H and O–H groups in total. The molecular weight excluding hydrogens is 392 g/mol. The molecule has 30 heavy (non-hydrogen) atoms. The van der Waals surface area contributed by atoms with Gasteiger partial charge in [0.1, 0.15) is 5.82 Å². The zero-order chi connectivity index (χ0) is 20.8. The van der Waals surface area contributed by atoms with Gasteiger partial charge in [0.15, 0.2) is 5.16 Å².